The molecule has 0 spiro atoms. The minimum absolute atomic E-state index is 0.382. The van der Waals surface area contributed by atoms with E-state index >= 15 is 0 Å². The van der Waals surface area contributed by atoms with Gasteiger partial charge in [-0.25, -0.2) is 0 Å². The van der Waals surface area contributed by atoms with Gasteiger partial charge in [0.2, 0.25) is 0 Å². The zero-order valence-electron chi connectivity index (χ0n) is 5.50. The summed E-state index contributed by atoms with van der Waals surface area (Å²) in [5, 5.41) is 8.59. The Morgan fingerprint density at radius 3 is 2.67 bits per heavy atom. The van der Waals surface area contributed by atoms with Gasteiger partial charge < -0.3 is 9.84 Å². The number of hydrogen-bond acceptors (Lipinski definition) is 3. The van der Waals surface area contributed by atoms with Crippen LogP contribution >= 0.6 is 0 Å². The molecular weight excluding hydrogens is 120 g/mol. The van der Waals surface area contributed by atoms with Crippen molar-refractivity contribution in [3.63, 3.8) is 0 Å². The molecule has 0 amide bonds. The lowest BCUT2D eigenvalue weighted by Gasteiger charge is -1.92. The molecule has 9 heavy (non-hydrogen) atoms. The van der Waals surface area contributed by atoms with Crippen molar-refractivity contribution in [1.29, 1.82) is 0 Å². The number of rotatable bonds is 2. The summed E-state index contributed by atoms with van der Waals surface area (Å²) in [6.07, 6.45) is 1.98. The zero-order valence-corrected chi connectivity index (χ0v) is 5.50. The van der Waals surface area contributed by atoms with Gasteiger partial charge in [-0.05, 0) is 13.0 Å². The van der Waals surface area contributed by atoms with Gasteiger partial charge in [-0.2, -0.15) is 0 Å². The largest absolute Gasteiger partial charge is 0.435 e. The van der Waals surface area contributed by atoms with Crippen molar-refractivity contribution in [3.8, 4) is 0 Å². The Bertz CT molecular complexity index is 115. The molecule has 0 aromatic heterocycles. The third kappa shape index (κ3) is 7.17. The van der Waals surface area contributed by atoms with Crippen molar-refractivity contribution < 1.29 is 14.6 Å². The van der Waals surface area contributed by atoms with E-state index in [4.69, 9.17) is 5.11 Å². The summed E-state index contributed by atoms with van der Waals surface area (Å²) in [5.41, 5.74) is 0. The molecule has 0 saturated heterocycles. The molecule has 0 rings (SSSR count). The lowest BCUT2D eigenvalue weighted by molar-refractivity contribution is -0.135. The molecule has 0 fully saturated rings. The molecule has 0 aromatic rings. The van der Waals surface area contributed by atoms with Gasteiger partial charge in [0, 0.05) is 6.92 Å². The van der Waals surface area contributed by atoms with Crippen molar-refractivity contribution in [1.82, 2.24) is 0 Å². The molecule has 52 valence electrons. The molecule has 0 aliphatic carbocycles. The van der Waals surface area contributed by atoms with Crippen LogP contribution in [0.1, 0.15) is 13.8 Å². The lowest BCUT2D eigenvalue weighted by Crippen LogP contribution is -1.95. The van der Waals surface area contributed by atoms with Crippen molar-refractivity contribution in [3.05, 3.63) is 12.3 Å². The molecule has 1 atom stereocenters. The number of hydrogen-bond donors (Lipinski definition) is 1. The predicted octanol–water partition coefficient (Wildman–Crippen LogP) is 0.444. The van der Waals surface area contributed by atoms with Gasteiger partial charge in [0.15, 0.2) is 0 Å². The summed E-state index contributed by atoms with van der Waals surface area (Å²) in [4.78, 5) is 10.1. The minimum atomic E-state index is -0.565. The third-order valence-electron chi connectivity index (χ3n) is 0.591. The first kappa shape index (κ1) is 8.17. The standard InChI is InChI=1S/C6H10O3/c1-5(7)3-4-9-6(2)8/h3-5,7H,1-2H3. The molecule has 0 aromatic carbocycles. The van der Waals surface area contributed by atoms with E-state index in [-0.39, 0.29) is 5.97 Å². The van der Waals surface area contributed by atoms with Crippen LogP contribution in [0.3, 0.4) is 0 Å². The molecule has 1 unspecified atom stereocenters. The molecule has 0 saturated carbocycles. The number of carbonyl (C=O) groups excluding carboxylic acids is 1. The van der Waals surface area contributed by atoms with Crippen LogP contribution < -0.4 is 0 Å². The van der Waals surface area contributed by atoms with Crippen LogP contribution in [0, 0.1) is 0 Å². The predicted molar refractivity (Wildman–Crippen MR) is 32.6 cm³/mol. The van der Waals surface area contributed by atoms with E-state index in [2.05, 4.69) is 4.74 Å². The second-order valence-electron chi connectivity index (χ2n) is 1.68. The van der Waals surface area contributed by atoms with Gasteiger partial charge in [0.1, 0.15) is 0 Å². The Kier molecular flexibility index (Phi) is 3.71. The highest BCUT2D eigenvalue weighted by atomic mass is 16.5. The number of aliphatic hydroxyl groups is 1. The Morgan fingerprint density at radius 1 is 1.78 bits per heavy atom. The minimum Gasteiger partial charge on any atom is -0.435 e. The van der Waals surface area contributed by atoms with Crippen LogP contribution in [0.5, 0.6) is 0 Å². The normalized spacial score (nSPS) is 13.7. The molecule has 0 aliphatic rings. The summed E-state index contributed by atoms with van der Waals surface area (Å²) >= 11 is 0. The fourth-order valence-corrected chi connectivity index (χ4v) is 0.249. The van der Waals surface area contributed by atoms with Crippen molar-refractivity contribution in [2.75, 3.05) is 0 Å². The average molecular weight is 130 g/mol. The van der Waals surface area contributed by atoms with E-state index in [9.17, 15) is 4.79 Å². The van der Waals surface area contributed by atoms with Gasteiger partial charge in [-0.15, -0.1) is 0 Å². The van der Waals surface area contributed by atoms with Crippen LogP contribution in [0.15, 0.2) is 12.3 Å². The topological polar surface area (TPSA) is 46.5 Å². The van der Waals surface area contributed by atoms with Crippen molar-refractivity contribution >= 4 is 5.97 Å². The number of esters is 1. The van der Waals surface area contributed by atoms with E-state index in [0.717, 1.165) is 0 Å². The summed E-state index contributed by atoms with van der Waals surface area (Å²) in [7, 11) is 0. The van der Waals surface area contributed by atoms with Crippen molar-refractivity contribution in [2.24, 2.45) is 0 Å². The van der Waals surface area contributed by atoms with E-state index < -0.39 is 6.10 Å². The second-order valence-corrected chi connectivity index (χ2v) is 1.68. The second kappa shape index (κ2) is 4.09. The van der Waals surface area contributed by atoms with Crippen molar-refractivity contribution in [2.45, 2.75) is 20.0 Å². The number of ether oxygens (including phenoxy) is 1. The van der Waals surface area contributed by atoms with Gasteiger partial charge in [-0.3, -0.25) is 4.79 Å². The highest BCUT2D eigenvalue weighted by Gasteiger charge is 1.87. The highest BCUT2D eigenvalue weighted by molar-refractivity contribution is 5.66. The maximum atomic E-state index is 10.1. The molecular formula is C6H10O3. The van der Waals surface area contributed by atoms with E-state index in [0.29, 0.717) is 0 Å². The monoisotopic (exact) mass is 130 g/mol. The van der Waals surface area contributed by atoms with Crippen LogP contribution in [0.2, 0.25) is 0 Å². The Morgan fingerprint density at radius 2 is 2.33 bits per heavy atom. The van der Waals surface area contributed by atoms with E-state index in [1.807, 2.05) is 0 Å². The Hall–Kier alpha value is -0.830. The quantitative estimate of drug-likeness (QED) is 0.436. The van der Waals surface area contributed by atoms with Gasteiger partial charge in [0.05, 0.1) is 12.4 Å². The lowest BCUT2D eigenvalue weighted by atomic mass is 10.4. The van der Waals surface area contributed by atoms with Crippen LogP contribution in [-0.2, 0) is 9.53 Å². The highest BCUT2D eigenvalue weighted by Crippen LogP contribution is 1.84. The summed E-state index contributed by atoms with van der Waals surface area (Å²) < 4.78 is 4.37. The molecule has 0 radical (unpaired) electrons. The summed E-state index contributed by atoms with van der Waals surface area (Å²) in [6.45, 7) is 2.87. The maximum Gasteiger partial charge on any atom is 0.307 e. The Balaban J connectivity index is 3.36. The van der Waals surface area contributed by atoms with Gasteiger partial charge >= 0.3 is 5.97 Å². The number of carbonyl (C=O) groups is 1. The first-order valence-corrected chi connectivity index (χ1v) is 2.65. The smallest absolute Gasteiger partial charge is 0.307 e. The van der Waals surface area contributed by atoms with E-state index in [1.54, 1.807) is 6.92 Å². The summed E-state index contributed by atoms with van der Waals surface area (Å²) in [6, 6.07) is 0. The molecule has 3 nitrogen and oxygen atoms in total. The maximum absolute atomic E-state index is 10.1. The van der Waals surface area contributed by atoms with E-state index in [1.165, 1.54) is 19.3 Å². The first-order valence-electron chi connectivity index (χ1n) is 2.65. The first-order chi connectivity index (χ1) is 4.13. The third-order valence-corrected chi connectivity index (χ3v) is 0.591. The van der Waals surface area contributed by atoms with Gasteiger partial charge in [-0.1, -0.05) is 0 Å². The summed E-state index contributed by atoms with van der Waals surface area (Å²) in [5.74, 6) is -0.382. The Labute approximate surface area is 53.9 Å². The fourth-order valence-electron chi connectivity index (χ4n) is 0.249. The molecule has 0 heterocycles. The zero-order chi connectivity index (χ0) is 7.28. The molecule has 0 bridgehead atoms. The van der Waals surface area contributed by atoms with Gasteiger partial charge in [0.25, 0.3) is 0 Å². The van der Waals surface area contributed by atoms with Crippen LogP contribution in [-0.4, -0.2) is 17.2 Å². The average Bonchev–Trinajstić information content (AvgIpc) is 1.63. The van der Waals surface area contributed by atoms with Crippen LogP contribution in [0.4, 0.5) is 0 Å². The number of aliphatic hydroxyl groups excluding tert-OH is 1. The SMILES string of the molecule is CC(=O)OC=CC(C)O. The molecule has 3 heteroatoms. The fraction of sp³-hybridized carbons (Fsp3) is 0.500. The molecule has 1 N–H and O–H groups in total. The van der Waals surface area contributed by atoms with Crippen LogP contribution in [0.25, 0.3) is 0 Å². The molecule has 0 aliphatic heterocycles.